The van der Waals surface area contributed by atoms with E-state index in [1.165, 1.54) is 5.56 Å². The van der Waals surface area contributed by atoms with Crippen molar-refractivity contribution in [1.29, 1.82) is 0 Å². The van der Waals surface area contributed by atoms with Crippen LogP contribution in [0.4, 0.5) is 0 Å². The molecule has 23 heavy (non-hydrogen) atoms. The molecule has 2 aromatic rings. The van der Waals surface area contributed by atoms with Crippen LogP contribution in [0.1, 0.15) is 30.4 Å². The summed E-state index contributed by atoms with van der Waals surface area (Å²) in [5.74, 6) is 0.513. The fourth-order valence-electron chi connectivity index (χ4n) is 2.58. The first-order chi connectivity index (χ1) is 11.2. The monoisotopic (exact) mass is 312 g/mol. The van der Waals surface area contributed by atoms with Crippen molar-refractivity contribution < 1.29 is 14.6 Å². The van der Waals surface area contributed by atoms with Gasteiger partial charge in [0.1, 0.15) is 11.5 Å². The molecular formula is C20H24O3. The topological polar surface area (TPSA) is 46.5 Å². The highest BCUT2D eigenvalue weighted by atomic mass is 16.5. The second kappa shape index (κ2) is 9.11. The lowest BCUT2D eigenvalue weighted by Gasteiger charge is -2.14. The maximum absolute atomic E-state index is 12.1. The predicted octanol–water partition coefficient (Wildman–Crippen LogP) is 3.93. The minimum Gasteiger partial charge on any atom is -0.508 e. The number of benzene rings is 2. The standard InChI is InChI=1S/C20H24O3/c1-23-20(14-10-17-7-11-18(21)12-8-17)15-19(22)13-9-16-5-3-2-4-6-16/h2-8,11-12,20-21H,9-10,13-15H2,1H3/t20-/m0/s1. The van der Waals surface area contributed by atoms with Crippen molar-refractivity contribution in [2.24, 2.45) is 0 Å². The van der Waals surface area contributed by atoms with Crippen LogP contribution in [0, 0.1) is 0 Å². The number of ether oxygens (including phenoxy) is 1. The molecule has 0 fully saturated rings. The summed E-state index contributed by atoms with van der Waals surface area (Å²) in [5.41, 5.74) is 2.33. The van der Waals surface area contributed by atoms with E-state index in [1.54, 1.807) is 19.2 Å². The number of rotatable bonds is 9. The third-order valence-electron chi connectivity index (χ3n) is 4.02. The molecule has 2 rings (SSSR count). The number of aromatic hydroxyl groups is 1. The van der Waals surface area contributed by atoms with Gasteiger partial charge in [0.15, 0.2) is 0 Å². The Balaban J connectivity index is 1.74. The Morgan fingerprint density at radius 1 is 1.00 bits per heavy atom. The van der Waals surface area contributed by atoms with Crippen LogP contribution in [-0.4, -0.2) is 24.1 Å². The van der Waals surface area contributed by atoms with Gasteiger partial charge >= 0.3 is 0 Å². The summed E-state index contributed by atoms with van der Waals surface area (Å²) >= 11 is 0. The van der Waals surface area contributed by atoms with Gasteiger partial charge < -0.3 is 9.84 Å². The quantitative estimate of drug-likeness (QED) is 0.763. The predicted molar refractivity (Wildman–Crippen MR) is 91.6 cm³/mol. The van der Waals surface area contributed by atoms with Gasteiger partial charge in [-0.05, 0) is 42.5 Å². The van der Waals surface area contributed by atoms with E-state index in [9.17, 15) is 9.90 Å². The van der Waals surface area contributed by atoms with Gasteiger partial charge in [0.2, 0.25) is 0 Å². The number of hydrogen-bond acceptors (Lipinski definition) is 3. The van der Waals surface area contributed by atoms with E-state index in [0.29, 0.717) is 12.8 Å². The van der Waals surface area contributed by atoms with Crippen LogP contribution < -0.4 is 0 Å². The number of carbonyl (C=O) groups excluding carboxylic acids is 1. The zero-order valence-electron chi connectivity index (χ0n) is 13.6. The van der Waals surface area contributed by atoms with E-state index < -0.39 is 0 Å². The number of phenolic OH excluding ortho intramolecular Hbond substituents is 1. The van der Waals surface area contributed by atoms with Crippen molar-refractivity contribution in [2.75, 3.05) is 7.11 Å². The molecule has 0 saturated carbocycles. The Labute approximate surface area is 137 Å². The lowest BCUT2D eigenvalue weighted by atomic mass is 10.00. The average Bonchev–Trinajstić information content (AvgIpc) is 2.59. The molecule has 0 aliphatic carbocycles. The number of aryl methyl sites for hydroxylation is 2. The van der Waals surface area contributed by atoms with Crippen LogP contribution in [0.25, 0.3) is 0 Å². The molecule has 1 N–H and O–H groups in total. The largest absolute Gasteiger partial charge is 0.508 e. The molecule has 1 atom stereocenters. The fraction of sp³-hybridized carbons (Fsp3) is 0.350. The molecule has 0 saturated heterocycles. The van der Waals surface area contributed by atoms with Gasteiger partial charge in [0.25, 0.3) is 0 Å². The molecular weight excluding hydrogens is 288 g/mol. The van der Waals surface area contributed by atoms with Crippen molar-refractivity contribution in [1.82, 2.24) is 0 Å². The first-order valence-electron chi connectivity index (χ1n) is 8.03. The number of carbonyl (C=O) groups is 1. The van der Waals surface area contributed by atoms with Gasteiger partial charge in [-0.25, -0.2) is 0 Å². The summed E-state index contributed by atoms with van der Waals surface area (Å²) in [5, 5.41) is 9.28. The molecule has 122 valence electrons. The summed E-state index contributed by atoms with van der Waals surface area (Å²) < 4.78 is 5.45. The zero-order chi connectivity index (χ0) is 16.5. The Bertz CT molecular complexity index is 590. The molecule has 3 heteroatoms. The molecule has 2 aromatic carbocycles. The third-order valence-corrected chi connectivity index (χ3v) is 4.02. The van der Waals surface area contributed by atoms with E-state index in [4.69, 9.17) is 4.74 Å². The highest BCUT2D eigenvalue weighted by Gasteiger charge is 2.13. The van der Waals surface area contributed by atoms with E-state index in [0.717, 1.165) is 24.8 Å². The SMILES string of the molecule is CO[C@@H](CCc1ccc(O)cc1)CC(=O)CCc1ccccc1. The van der Waals surface area contributed by atoms with E-state index in [-0.39, 0.29) is 17.6 Å². The molecule has 0 aliphatic rings. The zero-order valence-corrected chi connectivity index (χ0v) is 13.6. The Morgan fingerprint density at radius 2 is 1.65 bits per heavy atom. The Kier molecular flexibility index (Phi) is 6.82. The van der Waals surface area contributed by atoms with Crippen LogP contribution in [0.15, 0.2) is 54.6 Å². The summed E-state index contributed by atoms with van der Waals surface area (Å²) in [4.78, 5) is 12.1. The van der Waals surface area contributed by atoms with Crippen LogP contribution in [0.5, 0.6) is 5.75 Å². The van der Waals surface area contributed by atoms with Crippen LogP contribution in [-0.2, 0) is 22.4 Å². The summed E-state index contributed by atoms with van der Waals surface area (Å²) in [6, 6.07) is 17.2. The molecule has 0 unspecified atom stereocenters. The molecule has 0 spiro atoms. The first-order valence-corrected chi connectivity index (χ1v) is 8.03. The van der Waals surface area contributed by atoms with E-state index in [2.05, 4.69) is 0 Å². The van der Waals surface area contributed by atoms with Crippen LogP contribution in [0.2, 0.25) is 0 Å². The lowest BCUT2D eigenvalue weighted by Crippen LogP contribution is -2.17. The van der Waals surface area contributed by atoms with Crippen molar-refractivity contribution in [3.63, 3.8) is 0 Å². The van der Waals surface area contributed by atoms with E-state index >= 15 is 0 Å². The van der Waals surface area contributed by atoms with Gasteiger partial charge in [-0.3, -0.25) is 4.79 Å². The van der Waals surface area contributed by atoms with Crippen molar-refractivity contribution in [3.8, 4) is 5.75 Å². The third kappa shape index (κ3) is 6.25. The molecule has 3 nitrogen and oxygen atoms in total. The minimum atomic E-state index is -0.0490. The van der Waals surface area contributed by atoms with E-state index in [1.807, 2.05) is 42.5 Å². The van der Waals surface area contributed by atoms with Crippen molar-refractivity contribution in [2.45, 2.75) is 38.2 Å². The number of phenols is 1. The number of hydrogen-bond donors (Lipinski definition) is 1. The van der Waals surface area contributed by atoms with Gasteiger partial charge in [-0.2, -0.15) is 0 Å². The summed E-state index contributed by atoms with van der Waals surface area (Å²) in [7, 11) is 1.66. The Morgan fingerprint density at radius 3 is 2.30 bits per heavy atom. The second-order valence-corrected chi connectivity index (χ2v) is 5.79. The first kappa shape index (κ1) is 17.2. The van der Waals surface area contributed by atoms with Crippen LogP contribution in [0.3, 0.4) is 0 Å². The molecule has 0 aliphatic heterocycles. The smallest absolute Gasteiger partial charge is 0.135 e. The minimum absolute atomic E-state index is 0.0490. The van der Waals surface area contributed by atoms with Gasteiger partial charge in [0, 0.05) is 20.0 Å². The number of Topliss-reactive ketones (excluding diaryl/α,β-unsaturated/α-hetero) is 1. The Hall–Kier alpha value is -2.13. The lowest BCUT2D eigenvalue weighted by molar-refractivity contribution is -0.121. The maximum Gasteiger partial charge on any atom is 0.135 e. The second-order valence-electron chi connectivity index (χ2n) is 5.79. The normalized spacial score (nSPS) is 12.0. The average molecular weight is 312 g/mol. The number of ketones is 1. The fourth-order valence-corrected chi connectivity index (χ4v) is 2.58. The van der Waals surface area contributed by atoms with Gasteiger partial charge in [-0.15, -0.1) is 0 Å². The highest BCUT2D eigenvalue weighted by Crippen LogP contribution is 2.15. The molecule has 0 amide bonds. The summed E-state index contributed by atoms with van der Waals surface area (Å²) in [6.45, 7) is 0. The van der Waals surface area contributed by atoms with Crippen LogP contribution >= 0.6 is 0 Å². The molecule has 0 aromatic heterocycles. The van der Waals surface area contributed by atoms with Crippen molar-refractivity contribution in [3.05, 3.63) is 65.7 Å². The van der Waals surface area contributed by atoms with Crippen molar-refractivity contribution >= 4 is 5.78 Å². The highest BCUT2D eigenvalue weighted by molar-refractivity contribution is 5.79. The number of methoxy groups -OCH3 is 1. The molecule has 0 radical (unpaired) electrons. The van der Waals surface area contributed by atoms with Gasteiger partial charge in [-0.1, -0.05) is 42.5 Å². The summed E-state index contributed by atoms with van der Waals surface area (Å²) in [6.07, 6.45) is 3.40. The maximum atomic E-state index is 12.1. The van der Waals surface area contributed by atoms with Gasteiger partial charge in [0.05, 0.1) is 6.10 Å². The molecule has 0 heterocycles. The molecule has 0 bridgehead atoms.